The monoisotopic (exact) mass is 576 g/mol. The van der Waals surface area contributed by atoms with Gasteiger partial charge in [0, 0.05) is 6.42 Å². The van der Waals surface area contributed by atoms with Crippen LogP contribution in [0.15, 0.2) is 0 Å². The lowest BCUT2D eigenvalue weighted by molar-refractivity contribution is -0.332. The fraction of sp³-hybridized carbons (Fsp3) is 0.839. The Morgan fingerprint density at radius 2 is 1.05 bits per heavy atom. The molecule has 5 aliphatic carbocycles. The quantitative estimate of drug-likeness (QED) is 0.144. The lowest BCUT2D eigenvalue weighted by atomic mass is 9.77. The van der Waals surface area contributed by atoms with Gasteiger partial charge < -0.3 is 14.2 Å². The maximum atomic E-state index is 14.1. The summed E-state index contributed by atoms with van der Waals surface area (Å²) in [6.45, 7) is 0. The predicted molar refractivity (Wildman–Crippen MR) is 142 cm³/mol. The molecule has 228 valence electrons. The summed E-state index contributed by atoms with van der Waals surface area (Å²) in [6, 6.07) is 0. The van der Waals surface area contributed by atoms with Gasteiger partial charge in [-0.2, -0.15) is 0 Å². The van der Waals surface area contributed by atoms with Gasteiger partial charge in [-0.25, -0.2) is 19.4 Å². The van der Waals surface area contributed by atoms with E-state index in [-0.39, 0.29) is 25.2 Å². The Hall–Kier alpha value is -2.65. The second-order valence-electron chi connectivity index (χ2n) is 12.9. The second kappa shape index (κ2) is 13.1. The number of carbonyl (C=O) groups is 5. The fourth-order valence-corrected chi connectivity index (χ4v) is 6.71. The molecule has 0 aliphatic heterocycles. The molecule has 0 radical (unpaired) electrons. The van der Waals surface area contributed by atoms with Crippen LogP contribution in [-0.4, -0.2) is 41.2 Å². The molecule has 0 heterocycles. The molecule has 10 nitrogen and oxygen atoms in total. The number of carbonyl (C=O) groups excluding carboxylic acids is 5. The third kappa shape index (κ3) is 6.88. The fourth-order valence-electron chi connectivity index (χ4n) is 6.71. The van der Waals surface area contributed by atoms with Gasteiger partial charge in [0.25, 0.3) is 0 Å². The van der Waals surface area contributed by atoms with E-state index in [9.17, 15) is 24.0 Å². The highest BCUT2D eigenvalue weighted by molar-refractivity contribution is 5.88. The summed E-state index contributed by atoms with van der Waals surface area (Å²) >= 11 is 0. The number of rotatable bonds is 10. The minimum Gasteiger partial charge on any atom is -0.450 e. The third-order valence-corrected chi connectivity index (χ3v) is 9.74. The molecule has 0 amide bonds. The highest BCUT2D eigenvalue weighted by Gasteiger charge is 2.69. The first-order chi connectivity index (χ1) is 19.8. The van der Waals surface area contributed by atoms with Gasteiger partial charge in [-0.05, 0) is 83.0 Å². The molecule has 5 fully saturated rings. The van der Waals surface area contributed by atoms with Crippen molar-refractivity contribution < 1.29 is 48.0 Å². The summed E-state index contributed by atoms with van der Waals surface area (Å²) in [5, 5.41) is 0. The molecule has 5 aliphatic rings. The number of ether oxygens (including phenoxy) is 3. The zero-order valence-corrected chi connectivity index (χ0v) is 24.0. The van der Waals surface area contributed by atoms with Gasteiger partial charge in [0.2, 0.25) is 5.60 Å². The number of hydrogen-bond acceptors (Lipinski definition) is 10. The average molecular weight is 577 g/mol. The standard InChI is InChI=1S/C31H44O10/c32-25(20-21-16-17-21)37-30(18-7-2-8-19-30)31(39-27(34)23-14-9-15-23,38-26(33)22-12-5-6-13-22)29(36)41-40-28(35)24-10-3-1-4-11-24/h21-24H,1-20H2. The SMILES string of the molecule is O=C(CC1CC1)OC1(C(OC(=O)C2CCCC2)(OC(=O)C2CCC2)C(=O)OOC(=O)C2CCCCC2)CCCCC1. The van der Waals surface area contributed by atoms with Crippen molar-refractivity contribution in [2.24, 2.45) is 23.7 Å². The molecule has 0 saturated heterocycles. The van der Waals surface area contributed by atoms with Crippen molar-refractivity contribution >= 4 is 29.8 Å². The Balaban J connectivity index is 1.48. The molecule has 0 bridgehead atoms. The van der Waals surface area contributed by atoms with Crippen molar-refractivity contribution in [3.8, 4) is 0 Å². The molecule has 5 rings (SSSR count). The predicted octanol–water partition coefficient (Wildman–Crippen LogP) is 5.39. The van der Waals surface area contributed by atoms with Gasteiger partial charge >= 0.3 is 35.6 Å². The molecule has 0 spiro atoms. The van der Waals surface area contributed by atoms with Crippen LogP contribution in [0, 0.1) is 23.7 Å². The Labute approximate surface area is 241 Å². The Bertz CT molecular complexity index is 981. The maximum absolute atomic E-state index is 14.1. The van der Waals surface area contributed by atoms with Crippen LogP contribution in [0.5, 0.6) is 0 Å². The Morgan fingerprint density at radius 3 is 1.56 bits per heavy atom. The summed E-state index contributed by atoms with van der Waals surface area (Å²) in [4.78, 5) is 77.3. The van der Waals surface area contributed by atoms with E-state index in [1.54, 1.807) is 0 Å². The summed E-state index contributed by atoms with van der Waals surface area (Å²) in [5.41, 5.74) is -1.79. The first-order valence-corrected chi connectivity index (χ1v) is 15.9. The topological polar surface area (TPSA) is 132 Å². The Kier molecular flexibility index (Phi) is 9.54. The first kappa shape index (κ1) is 29.8. The molecule has 0 aromatic heterocycles. The van der Waals surface area contributed by atoms with Gasteiger partial charge in [0.1, 0.15) is 0 Å². The van der Waals surface area contributed by atoms with E-state index < -0.39 is 59.0 Å². The van der Waals surface area contributed by atoms with E-state index in [2.05, 4.69) is 0 Å². The van der Waals surface area contributed by atoms with Crippen molar-refractivity contribution in [2.75, 3.05) is 0 Å². The molecular formula is C31H44O10. The molecule has 1 unspecified atom stereocenters. The first-order valence-electron chi connectivity index (χ1n) is 15.9. The van der Waals surface area contributed by atoms with E-state index >= 15 is 0 Å². The largest absolute Gasteiger partial charge is 0.450 e. The molecule has 5 saturated carbocycles. The molecular weight excluding hydrogens is 532 g/mol. The summed E-state index contributed by atoms with van der Waals surface area (Å²) < 4.78 is 18.0. The van der Waals surface area contributed by atoms with E-state index in [1.165, 1.54) is 0 Å². The van der Waals surface area contributed by atoms with Crippen LogP contribution in [0.25, 0.3) is 0 Å². The van der Waals surface area contributed by atoms with Crippen molar-refractivity contribution in [3.63, 3.8) is 0 Å². The average Bonchev–Trinajstić information content (AvgIpc) is 3.57. The molecule has 0 N–H and O–H groups in total. The van der Waals surface area contributed by atoms with Crippen LogP contribution >= 0.6 is 0 Å². The van der Waals surface area contributed by atoms with Gasteiger partial charge in [0.15, 0.2) is 0 Å². The maximum Gasteiger partial charge on any atom is 0.444 e. The van der Waals surface area contributed by atoms with E-state index in [1.807, 2.05) is 0 Å². The van der Waals surface area contributed by atoms with Crippen molar-refractivity contribution in [2.45, 2.75) is 140 Å². The Morgan fingerprint density at radius 1 is 0.561 bits per heavy atom. The highest BCUT2D eigenvalue weighted by Crippen LogP contribution is 2.47. The minimum atomic E-state index is -2.72. The van der Waals surface area contributed by atoms with Crippen LogP contribution in [-0.2, 0) is 48.0 Å². The molecule has 1 atom stereocenters. The smallest absolute Gasteiger partial charge is 0.444 e. The van der Waals surface area contributed by atoms with Gasteiger partial charge in [-0.15, -0.1) is 0 Å². The zero-order valence-electron chi connectivity index (χ0n) is 24.0. The normalized spacial score (nSPS) is 24.8. The van der Waals surface area contributed by atoms with E-state index in [0.29, 0.717) is 51.4 Å². The highest BCUT2D eigenvalue weighted by atomic mass is 17.2. The molecule has 0 aromatic carbocycles. The van der Waals surface area contributed by atoms with Crippen molar-refractivity contribution in [3.05, 3.63) is 0 Å². The van der Waals surface area contributed by atoms with Crippen LogP contribution < -0.4 is 0 Å². The van der Waals surface area contributed by atoms with Crippen LogP contribution in [0.2, 0.25) is 0 Å². The second-order valence-corrected chi connectivity index (χ2v) is 12.9. The van der Waals surface area contributed by atoms with Gasteiger partial charge in [-0.3, -0.25) is 14.4 Å². The third-order valence-electron chi connectivity index (χ3n) is 9.74. The zero-order chi connectivity index (χ0) is 28.9. The van der Waals surface area contributed by atoms with E-state index in [0.717, 1.165) is 57.8 Å². The van der Waals surface area contributed by atoms with Gasteiger partial charge in [0.05, 0.1) is 17.8 Å². The molecule has 10 heteroatoms. The van der Waals surface area contributed by atoms with Gasteiger partial charge in [-0.1, -0.05) is 44.9 Å². The number of hydrogen-bond donors (Lipinski definition) is 0. The lowest BCUT2D eigenvalue weighted by Gasteiger charge is -2.47. The van der Waals surface area contributed by atoms with E-state index in [4.69, 9.17) is 24.0 Å². The molecule has 41 heavy (non-hydrogen) atoms. The lowest BCUT2D eigenvalue weighted by Crippen LogP contribution is -2.67. The van der Waals surface area contributed by atoms with Crippen LogP contribution in [0.1, 0.15) is 128 Å². The van der Waals surface area contributed by atoms with Crippen molar-refractivity contribution in [1.82, 2.24) is 0 Å². The van der Waals surface area contributed by atoms with Crippen LogP contribution in [0.3, 0.4) is 0 Å². The number of esters is 3. The van der Waals surface area contributed by atoms with Crippen LogP contribution in [0.4, 0.5) is 0 Å². The summed E-state index contributed by atoms with van der Waals surface area (Å²) in [5.74, 6) is -7.88. The van der Waals surface area contributed by atoms with Crippen molar-refractivity contribution in [1.29, 1.82) is 0 Å². The molecule has 0 aromatic rings. The minimum absolute atomic E-state index is 0.130. The summed E-state index contributed by atoms with van der Waals surface area (Å²) in [6.07, 6.45) is 13.0. The summed E-state index contributed by atoms with van der Waals surface area (Å²) in [7, 11) is 0.